The van der Waals surface area contributed by atoms with Gasteiger partial charge in [0.15, 0.2) is 0 Å². The molecule has 7 nitrogen and oxygen atoms in total. The first-order valence-corrected chi connectivity index (χ1v) is 6.79. The fourth-order valence-electron chi connectivity index (χ4n) is 1.99. The van der Waals surface area contributed by atoms with Crippen LogP contribution in [0.4, 0.5) is 5.69 Å². The summed E-state index contributed by atoms with van der Waals surface area (Å²) >= 11 is 5.87. The van der Waals surface area contributed by atoms with Gasteiger partial charge in [-0.3, -0.25) is 9.78 Å². The SMILES string of the molecule is Cc1c(NC(=O)c2cc(Cl)ccn2)cccc1-n1cnnn1. The number of benzene rings is 1. The lowest BCUT2D eigenvalue weighted by Gasteiger charge is -2.11. The Labute approximate surface area is 130 Å². The molecule has 0 aliphatic heterocycles. The van der Waals surface area contributed by atoms with Gasteiger partial charge in [0.2, 0.25) is 0 Å². The smallest absolute Gasteiger partial charge is 0.274 e. The molecule has 0 radical (unpaired) electrons. The highest BCUT2D eigenvalue weighted by Crippen LogP contribution is 2.22. The van der Waals surface area contributed by atoms with E-state index in [1.807, 2.05) is 19.1 Å². The van der Waals surface area contributed by atoms with E-state index in [9.17, 15) is 4.79 Å². The molecule has 0 aliphatic rings. The highest BCUT2D eigenvalue weighted by Gasteiger charge is 2.12. The molecule has 8 heteroatoms. The van der Waals surface area contributed by atoms with Crippen molar-refractivity contribution in [3.63, 3.8) is 0 Å². The number of hydrogen-bond donors (Lipinski definition) is 1. The topological polar surface area (TPSA) is 85.6 Å². The predicted octanol–water partition coefficient (Wildman–Crippen LogP) is 2.27. The van der Waals surface area contributed by atoms with Gasteiger partial charge in [-0.05, 0) is 47.2 Å². The van der Waals surface area contributed by atoms with Crippen LogP contribution in [0.5, 0.6) is 0 Å². The van der Waals surface area contributed by atoms with Gasteiger partial charge < -0.3 is 5.32 Å². The molecule has 110 valence electrons. The number of tetrazole rings is 1. The van der Waals surface area contributed by atoms with Crippen molar-refractivity contribution in [2.24, 2.45) is 0 Å². The number of anilines is 1. The summed E-state index contributed by atoms with van der Waals surface area (Å²) in [5.74, 6) is -0.334. The maximum absolute atomic E-state index is 12.2. The molecule has 2 heterocycles. The predicted molar refractivity (Wildman–Crippen MR) is 81.1 cm³/mol. The maximum Gasteiger partial charge on any atom is 0.274 e. The second-order valence-corrected chi connectivity index (χ2v) is 4.95. The molecule has 0 aliphatic carbocycles. The third kappa shape index (κ3) is 2.79. The molecule has 1 aromatic carbocycles. The van der Waals surface area contributed by atoms with Crippen molar-refractivity contribution in [2.75, 3.05) is 5.32 Å². The van der Waals surface area contributed by atoms with Crippen LogP contribution in [0.1, 0.15) is 16.1 Å². The number of carbonyl (C=O) groups excluding carboxylic acids is 1. The van der Waals surface area contributed by atoms with Crippen molar-refractivity contribution in [3.05, 3.63) is 59.1 Å². The van der Waals surface area contributed by atoms with Crippen LogP contribution in [0, 0.1) is 6.92 Å². The largest absolute Gasteiger partial charge is 0.320 e. The quantitative estimate of drug-likeness (QED) is 0.801. The summed E-state index contributed by atoms with van der Waals surface area (Å²) in [6, 6.07) is 8.59. The van der Waals surface area contributed by atoms with E-state index >= 15 is 0 Å². The summed E-state index contributed by atoms with van der Waals surface area (Å²) in [6.45, 7) is 1.87. The van der Waals surface area contributed by atoms with E-state index in [4.69, 9.17) is 11.6 Å². The molecule has 0 saturated carbocycles. The lowest BCUT2D eigenvalue weighted by atomic mass is 10.1. The zero-order valence-electron chi connectivity index (χ0n) is 11.6. The third-order valence-electron chi connectivity index (χ3n) is 3.10. The Hall–Kier alpha value is -2.80. The summed E-state index contributed by atoms with van der Waals surface area (Å²) < 4.78 is 1.53. The molecule has 0 unspecified atom stereocenters. The number of rotatable bonds is 3. The minimum atomic E-state index is -0.334. The zero-order valence-corrected chi connectivity index (χ0v) is 12.3. The van der Waals surface area contributed by atoms with Crippen LogP contribution in [-0.2, 0) is 0 Å². The van der Waals surface area contributed by atoms with Gasteiger partial charge in [-0.2, -0.15) is 0 Å². The van der Waals surface area contributed by atoms with Crippen LogP contribution < -0.4 is 5.32 Å². The molecule has 3 rings (SSSR count). The number of pyridine rings is 1. The number of carbonyl (C=O) groups is 1. The maximum atomic E-state index is 12.2. The van der Waals surface area contributed by atoms with Gasteiger partial charge in [0.1, 0.15) is 12.0 Å². The standard InChI is InChI=1S/C14H11ClN6O/c1-9-11(3-2-4-13(9)21-8-17-19-20-21)18-14(22)12-7-10(15)5-6-16-12/h2-8H,1H3,(H,18,22). The van der Waals surface area contributed by atoms with Gasteiger partial charge in [-0.25, -0.2) is 4.68 Å². The summed E-state index contributed by atoms with van der Waals surface area (Å²) in [6.07, 6.45) is 2.98. The van der Waals surface area contributed by atoms with E-state index in [-0.39, 0.29) is 11.6 Å². The van der Waals surface area contributed by atoms with E-state index in [0.29, 0.717) is 10.7 Å². The van der Waals surface area contributed by atoms with Crippen LogP contribution in [0.2, 0.25) is 5.02 Å². The summed E-state index contributed by atoms with van der Waals surface area (Å²) in [7, 11) is 0. The van der Waals surface area contributed by atoms with E-state index in [0.717, 1.165) is 11.3 Å². The number of amides is 1. The molecule has 1 amide bonds. The Bertz CT molecular complexity index is 818. The Morgan fingerprint density at radius 1 is 1.32 bits per heavy atom. The molecular formula is C14H11ClN6O. The molecule has 0 atom stereocenters. The average molecular weight is 315 g/mol. The van der Waals surface area contributed by atoms with Crippen LogP contribution in [0.15, 0.2) is 42.9 Å². The second-order valence-electron chi connectivity index (χ2n) is 4.52. The average Bonchev–Trinajstić information content (AvgIpc) is 3.03. The van der Waals surface area contributed by atoms with E-state index in [2.05, 4.69) is 25.8 Å². The monoisotopic (exact) mass is 314 g/mol. The first-order chi connectivity index (χ1) is 10.6. The molecule has 0 spiro atoms. The second kappa shape index (κ2) is 5.90. The number of halogens is 1. The molecule has 0 saturated heterocycles. The van der Waals surface area contributed by atoms with Crippen LogP contribution >= 0.6 is 11.6 Å². The highest BCUT2D eigenvalue weighted by molar-refractivity contribution is 6.30. The van der Waals surface area contributed by atoms with Crippen molar-refractivity contribution in [1.82, 2.24) is 25.2 Å². The van der Waals surface area contributed by atoms with Crippen LogP contribution in [0.25, 0.3) is 5.69 Å². The Morgan fingerprint density at radius 2 is 2.18 bits per heavy atom. The van der Waals surface area contributed by atoms with Crippen LogP contribution in [0.3, 0.4) is 0 Å². The molecule has 1 N–H and O–H groups in total. The Morgan fingerprint density at radius 3 is 2.91 bits per heavy atom. The number of aromatic nitrogens is 5. The van der Waals surface area contributed by atoms with Gasteiger partial charge in [0, 0.05) is 16.9 Å². The molecule has 2 aromatic heterocycles. The first kappa shape index (κ1) is 14.2. The lowest BCUT2D eigenvalue weighted by molar-refractivity contribution is 0.102. The number of nitrogens with zero attached hydrogens (tertiary/aromatic N) is 5. The Kier molecular flexibility index (Phi) is 3.80. The summed E-state index contributed by atoms with van der Waals surface area (Å²) in [5.41, 5.74) is 2.52. The van der Waals surface area contributed by atoms with Gasteiger partial charge in [-0.1, -0.05) is 17.7 Å². The molecule has 0 fully saturated rings. The third-order valence-corrected chi connectivity index (χ3v) is 3.34. The first-order valence-electron chi connectivity index (χ1n) is 6.41. The highest BCUT2D eigenvalue weighted by atomic mass is 35.5. The minimum absolute atomic E-state index is 0.250. The van der Waals surface area contributed by atoms with E-state index in [1.54, 1.807) is 12.1 Å². The molecular weight excluding hydrogens is 304 g/mol. The fraction of sp³-hybridized carbons (Fsp3) is 0.0714. The fourth-order valence-corrected chi connectivity index (χ4v) is 2.15. The summed E-state index contributed by atoms with van der Waals surface area (Å²) in [5, 5.41) is 14.3. The van der Waals surface area contributed by atoms with E-state index in [1.165, 1.54) is 23.3 Å². The van der Waals surface area contributed by atoms with Gasteiger partial charge in [-0.15, -0.1) is 5.10 Å². The van der Waals surface area contributed by atoms with Crippen molar-refractivity contribution in [1.29, 1.82) is 0 Å². The van der Waals surface area contributed by atoms with Crippen molar-refractivity contribution in [3.8, 4) is 5.69 Å². The van der Waals surface area contributed by atoms with Gasteiger partial charge in [0.25, 0.3) is 5.91 Å². The van der Waals surface area contributed by atoms with Crippen molar-refractivity contribution in [2.45, 2.75) is 6.92 Å². The van der Waals surface area contributed by atoms with E-state index < -0.39 is 0 Å². The minimum Gasteiger partial charge on any atom is -0.320 e. The molecule has 22 heavy (non-hydrogen) atoms. The normalized spacial score (nSPS) is 10.5. The van der Waals surface area contributed by atoms with Crippen molar-refractivity contribution >= 4 is 23.2 Å². The van der Waals surface area contributed by atoms with Crippen molar-refractivity contribution < 1.29 is 4.79 Å². The molecule has 0 bridgehead atoms. The zero-order chi connectivity index (χ0) is 15.5. The molecule has 3 aromatic rings. The van der Waals surface area contributed by atoms with Gasteiger partial charge >= 0.3 is 0 Å². The Balaban J connectivity index is 1.90. The number of hydrogen-bond acceptors (Lipinski definition) is 5. The lowest BCUT2D eigenvalue weighted by Crippen LogP contribution is -2.15. The van der Waals surface area contributed by atoms with Crippen LogP contribution in [-0.4, -0.2) is 31.1 Å². The summed E-state index contributed by atoms with van der Waals surface area (Å²) in [4.78, 5) is 16.2. The number of nitrogens with one attached hydrogen (secondary N) is 1. The van der Waals surface area contributed by atoms with Gasteiger partial charge in [0.05, 0.1) is 5.69 Å².